The molecule has 0 saturated heterocycles. The molecule has 23 heavy (non-hydrogen) atoms. The first kappa shape index (κ1) is 15.6. The third kappa shape index (κ3) is 3.25. The van der Waals surface area contributed by atoms with Crippen LogP contribution in [0.4, 0.5) is 0 Å². The van der Waals surface area contributed by atoms with Gasteiger partial charge in [0.15, 0.2) is 0 Å². The van der Waals surface area contributed by atoms with Crippen molar-refractivity contribution in [2.45, 2.75) is 33.4 Å². The van der Waals surface area contributed by atoms with Crippen LogP contribution >= 0.6 is 11.3 Å². The molecule has 2 N–H and O–H groups in total. The highest BCUT2D eigenvalue weighted by molar-refractivity contribution is 7.09. The summed E-state index contributed by atoms with van der Waals surface area (Å²) in [6.07, 6.45) is 0.533. The second-order valence-electron chi connectivity index (χ2n) is 5.32. The minimum atomic E-state index is 0.0529. The van der Waals surface area contributed by atoms with E-state index < -0.39 is 0 Å². The van der Waals surface area contributed by atoms with Crippen LogP contribution in [0, 0.1) is 13.8 Å². The van der Waals surface area contributed by atoms with Crippen molar-refractivity contribution < 1.29 is 4.52 Å². The third-order valence-corrected chi connectivity index (χ3v) is 4.84. The molecule has 0 atom stereocenters. The average Bonchev–Trinajstić information content (AvgIpc) is 3.12. The van der Waals surface area contributed by atoms with Crippen molar-refractivity contribution in [1.82, 2.24) is 14.7 Å². The van der Waals surface area contributed by atoms with E-state index >= 15 is 0 Å². The smallest absolute Gasteiger partial charge is 0.307 e. The molecule has 0 bridgehead atoms. The molecule has 0 spiro atoms. The highest BCUT2D eigenvalue weighted by Crippen LogP contribution is 2.17. The van der Waals surface area contributed by atoms with E-state index in [9.17, 15) is 4.79 Å². The molecule has 0 aliphatic rings. The molecule has 0 amide bonds. The maximum Gasteiger partial charge on any atom is 0.307 e. The first-order valence-electron chi connectivity index (χ1n) is 7.37. The summed E-state index contributed by atoms with van der Waals surface area (Å²) in [4.78, 5) is 17.4. The van der Waals surface area contributed by atoms with Gasteiger partial charge in [-0.05, 0) is 19.4 Å². The Morgan fingerprint density at radius 2 is 2.00 bits per heavy atom. The molecular formula is C16H18N4O2S. The van der Waals surface area contributed by atoms with Crippen LogP contribution in [0.25, 0.3) is 11.4 Å². The average molecular weight is 330 g/mol. The van der Waals surface area contributed by atoms with E-state index in [0.717, 1.165) is 21.7 Å². The van der Waals surface area contributed by atoms with Crippen LogP contribution in [-0.4, -0.2) is 14.7 Å². The fourth-order valence-electron chi connectivity index (χ4n) is 2.32. The van der Waals surface area contributed by atoms with Gasteiger partial charge in [0.25, 0.3) is 0 Å². The van der Waals surface area contributed by atoms with Gasteiger partial charge >= 0.3 is 4.87 Å². The van der Waals surface area contributed by atoms with Crippen molar-refractivity contribution in [2.24, 2.45) is 5.73 Å². The number of aromatic nitrogens is 3. The maximum absolute atomic E-state index is 11.9. The van der Waals surface area contributed by atoms with Gasteiger partial charge in [0.2, 0.25) is 11.7 Å². The predicted molar refractivity (Wildman–Crippen MR) is 89.4 cm³/mol. The summed E-state index contributed by atoms with van der Waals surface area (Å²) >= 11 is 1.27. The number of nitrogens with zero attached hydrogens (tertiary/aromatic N) is 3. The highest BCUT2D eigenvalue weighted by atomic mass is 32.1. The van der Waals surface area contributed by atoms with E-state index in [1.54, 1.807) is 4.57 Å². The van der Waals surface area contributed by atoms with Crippen molar-refractivity contribution in [3.8, 4) is 11.4 Å². The lowest BCUT2D eigenvalue weighted by Gasteiger charge is -2.01. The summed E-state index contributed by atoms with van der Waals surface area (Å²) in [6, 6.07) is 7.74. The van der Waals surface area contributed by atoms with E-state index in [4.69, 9.17) is 10.3 Å². The molecule has 2 heterocycles. The van der Waals surface area contributed by atoms with Gasteiger partial charge in [-0.25, -0.2) is 0 Å². The number of rotatable bonds is 5. The van der Waals surface area contributed by atoms with Crippen molar-refractivity contribution in [2.75, 3.05) is 0 Å². The van der Waals surface area contributed by atoms with Crippen LogP contribution in [0.3, 0.4) is 0 Å². The summed E-state index contributed by atoms with van der Waals surface area (Å²) in [5.41, 5.74) is 8.53. The molecular weight excluding hydrogens is 312 g/mol. The summed E-state index contributed by atoms with van der Waals surface area (Å²) in [5.74, 6) is 1.08. The first-order chi connectivity index (χ1) is 11.1. The van der Waals surface area contributed by atoms with Gasteiger partial charge in [0.05, 0.1) is 0 Å². The predicted octanol–water partition coefficient (Wildman–Crippen LogP) is 2.28. The lowest BCUT2D eigenvalue weighted by Crippen LogP contribution is -2.16. The van der Waals surface area contributed by atoms with Crippen molar-refractivity contribution in [3.63, 3.8) is 0 Å². The largest absolute Gasteiger partial charge is 0.339 e. The van der Waals surface area contributed by atoms with Gasteiger partial charge in [-0.1, -0.05) is 40.8 Å². The number of benzene rings is 1. The zero-order valence-electron chi connectivity index (χ0n) is 13.1. The van der Waals surface area contributed by atoms with E-state index in [1.807, 2.05) is 38.1 Å². The number of hydrogen-bond donors (Lipinski definition) is 1. The Kier molecular flexibility index (Phi) is 4.40. The second-order valence-corrected chi connectivity index (χ2v) is 6.49. The quantitative estimate of drug-likeness (QED) is 0.775. The van der Waals surface area contributed by atoms with Gasteiger partial charge in [-0.15, -0.1) is 0 Å². The summed E-state index contributed by atoms with van der Waals surface area (Å²) in [5, 5.41) is 4.00. The minimum Gasteiger partial charge on any atom is -0.339 e. The summed E-state index contributed by atoms with van der Waals surface area (Å²) < 4.78 is 7.04. The number of thiazole rings is 1. The van der Waals surface area contributed by atoms with Gasteiger partial charge < -0.3 is 14.8 Å². The Balaban J connectivity index is 1.73. The van der Waals surface area contributed by atoms with Crippen LogP contribution in [0.5, 0.6) is 0 Å². The van der Waals surface area contributed by atoms with Gasteiger partial charge in [-0.3, -0.25) is 4.79 Å². The lowest BCUT2D eigenvalue weighted by molar-refractivity contribution is 0.371. The van der Waals surface area contributed by atoms with Crippen molar-refractivity contribution in [3.05, 3.63) is 56.0 Å². The normalized spacial score (nSPS) is 11.1. The zero-order chi connectivity index (χ0) is 16.4. The third-order valence-electron chi connectivity index (χ3n) is 3.84. The van der Waals surface area contributed by atoms with E-state index in [-0.39, 0.29) is 4.87 Å². The zero-order valence-corrected chi connectivity index (χ0v) is 13.9. The Hall–Kier alpha value is -2.25. The maximum atomic E-state index is 11.9. The molecule has 0 saturated carbocycles. The Bertz CT molecular complexity index is 861. The fraction of sp³-hybridized carbons (Fsp3) is 0.312. The monoisotopic (exact) mass is 330 g/mol. The molecule has 0 fully saturated rings. The van der Waals surface area contributed by atoms with Crippen molar-refractivity contribution in [1.29, 1.82) is 0 Å². The molecule has 1 aromatic carbocycles. The molecule has 120 valence electrons. The SMILES string of the molecule is Cc1sc(=O)n(CCc2nc(-c3ccc(CN)cc3)no2)c1C. The molecule has 0 aliphatic heterocycles. The molecule has 6 nitrogen and oxygen atoms in total. The summed E-state index contributed by atoms with van der Waals surface area (Å²) in [6.45, 7) is 4.95. The lowest BCUT2D eigenvalue weighted by atomic mass is 10.1. The van der Waals surface area contributed by atoms with E-state index in [1.165, 1.54) is 11.3 Å². The van der Waals surface area contributed by atoms with Crippen LogP contribution in [-0.2, 0) is 19.5 Å². The number of nitrogens with two attached hydrogens (primary N) is 1. The molecule has 0 unspecified atom stereocenters. The van der Waals surface area contributed by atoms with E-state index in [2.05, 4.69) is 10.1 Å². The van der Waals surface area contributed by atoms with Crippen LogP contribution in [0.2, 0.25) is 0 Å². The Morgan fingerprint density at radius 3 is 2.61 bits per heavy atom. The number of hydrogen-bond acceptors (Lipinski definition) is 6. The fourth-order valence-corrected chi connectivity index (χ4v) is 3.18. The van der Waals surface area contributed by atoms with Crippen LogP contribution < -0.4 is 10.6 Å². The molecule has 0 radical (unpaired) electrons. The van der Waals surface area contributed by atoms with Crippen LogP contribution in [0.15, 0.2) is 33.6 Å². The molecule has 3 rings (SSSR count). The Labute approximate surface area is 137 Å². The van der Waals surface area contributed by atoms with Crippen LogP contribution in [0.1, 0.15) is 22.0 Å². The molecule has 0 aliphatic carbocycles. The van der Waals surface area contributed by atoms with Gasteiger partial charge in [0, 0.05) is 35.6 Å². The van der Waals surface area contributed by atoms with Crippen molar-refractivity contribution >= 4 is 11.3 Å². The topological polar surface area (TPSA) is 86.9 Å². The van der Waals surface area contributed by atoms with Gasteiger partial charge in [-0.2, -0.15) is 4.98 Å². The second kappa shape index (κ2) is 6.47. The van der Waals surface area contributed by atoms with E-state index in [0.29, 0.717) is 31.2 Å². The number of aryl methyl sites for hydroxylation is 2. The highest BCUT2D eigenvalue weighted by Gasteiger charge is 2.11. The standard InChI is InChI=1S/C16H18N4O2S/c1-10-11(2)23-16(21)20(10)8-7-14-18-15(19-22-14)13-5-3-12(9-17)4-6-13/h3-6H,7-9,17H2,1-2H3. The molecule has 2 aromatic heterocycles. The molecule has 3 aromatic rings. The Morgan fingerprint density at radius 1 is 1.26 bits per heavy atom. The molecule has 7 heteroatoms. The van der Waals surface area contributed by atoms with Gasteiger partial charge in [0.1, 0.15) is 0 Å². The summed E-state index contributed by atoms with van der Waals surface area (Å²) in [7, 11) is 0. The first-order valence-corrected chi connectivity index (χ1v) is 8.19. The minimum absolute atomic E-state index is 0.0529.